The molecule has 1 atom stereocenters. The number of fused-ring (bicyclic) bond motifs is 5. The minimum atomic E-state index is -1.04. The topological polar surface area (TPSA) is 96.7 Å². The number of nitrogens with zero attached hydrogens (tertiary/aromatic N) is 7. The largest absolute Gasteiger partial charge is 0.486 e. The Labute approximate surface area is 276 Å². The SMILES string of the molecule is C=CC(=O)N1CCN(c2nc(=O)n(-c3c(CC)ncnc3CC)c3c4c(c(Cl)cc23)-c2c(F)c(F)cc(CN(C)C)c2CO4)[C@@H](C)C1. The van der Waals surface area contributed by atoms with E-state index in [2.05, 4.69) is 21.5 Å². The van der Waals surface area contributed by atoms with E-state index < -0.39 is 17.3 Å². The summed E-state index contributed by atoms with van der Waals surface area (Å²) >= 11 is 7.02. The zero-order valence-corrected chi connectivity index (χ0v) is 27.8. The molecule has 10 nitrogen and oxygen atoms in total. The number of benzene rings is 2. The van der Waals surface area contributed by atoms with Crippen molar-refractivity contribution in [1.82, 2.24) is 29.3 Å². The van der Waals surface area contributed by atoms with E-state index in [1.54, 1.807) is 11.0 Å². The van der Waals surface area contributed by atoms with E-state index in [9.17, 15) is 9.59 Å². The lowest BCUT2D eigenvalue weighted by molar-refractivity contribution is -0.126. The van der Waals surface area contributed by atoms with Crippen LogP contribution < -0.4 is 15.3 Å². The predicted octanol–water partition coefficient (Wildman–Crippen LogP) is 5.08. The quantitative estimate of drug-likeness (QED) is 0.253. The van der Waals surface area contributed by atoms with Crippen molar-refractivity contribution in [3.05, 3.63) is 80.8 Å². The maximum atomic E-state index is 15.9. The highest BCUT2D eigenvalue weighted by Crippen LogP contribution is 2.50. The summed E-state index contributed by atoms with van der Waals surface area (Å²) in [6, 6.07) is 2.60. The van der Waals surface area contributed by atoms with Crippen molar-refractivity contribution in [2.45, 2.75) is 52.8 Å². The third-order valence-electron chi connectivity index (χ3n) is 8.83. The van der Waals surface area contributed by atoms with E-state index in [0.717, 1.165) is 0 Å². The minimum Gasteiger partial charge on any atom is -0.486 e. The van der Waals surface area contributed by atoms with Gasteiger partial charge in [-0.3, -0.25) is 9.36 Å². The Bertz CT molecular complexity index is 1980. The molecule has 0 aliphatic carbocycles. The monoisotopic (exact) mass is 663 g/mol. The third kappa shape index (κ3) is 5.42. The van der Waals surface area contributed by atoms with Crippen LogP contribution in [0.4, 0.5) is 14.6 Å². The molecule has 0 unspecified atom stereocenters. The summed E-state index contributed by atoms with van der Waals surface area (Å²) in [7, 11) is 3.68. The number of ether oxygens (including phenoxy) is 1. The van der Waals surface area contributed by atoms with Gasteiger partial charge in [0, 0.05) is 54.3 Å². The third-order valence-corrected chi connectivity index (χ3v) is 9.13. The first kappa shape index (κ1) is 32.5. The first-order valence-electron chi connectivity index (χ1n) is 15.6. The van der Waals surface area contributed by atoms with Gasteiger partial charge < -0.3 is 19.4 Å². The fourth-order valence-corrected chi connectivity index (χ4v) is 7.00. The van der Waals surface area contributed by atoms with Gasteiger partial charge in [-0.2, -0.15) is 4.98 Å². The van der Waals surface area contributed by atoms with Crippen molar-refractivity contribution >= 4 is 34.2 Å². The summed E-state index contributed by atoms with van der Waals surface area (Å²) in [4.78, 5) is 45.8. The standard InChI is InChI=1S/C34H36ClF2N7O3/c1-7-24-31(25(8-2)39-17-38-24)44-30-20(33(40-34(44)46)43-11-10-42(14-18(43)4)26(45)9-3)13-22(35)28-27-21(16-47-32(28)30)19(15-41(5)6)12-23(36)29(27)37/h9,12-13,17-18H,3,7-8,10-11,14-16H2,1-2,4-6H3/t18-/m0/s1. The molecule has 2 aromatic carbocycles. The predicted molar refractivity (Wildman–Crippen MR) is 177 cm³/mol. The molecule has 0 bridgehead atoms. The van der Waals surface area contributed by atoms with Crippen LogP contribution in [0.2, 0.25) is 5.02 Å². The van der Waals surface area contributed by atoms with Crippen LogP contribution in [0.25, 0.3) is 27.7 Å². The molecule has 0 radical (unpaired) electrons. The van der Waals surface area contributed by atoms with Gasteiger partial charge in [-0.15, -0.1) is 0 Å². The lowest BCUT2D eigenvalue weighted by Gasteiger charge is -2.40. The number of carbonyl (C=O) groups is 1. The van der Waals surface area contributed by atoms with Crippen molar-refractivity contribution in [2.75, 3.05) is 38.6 Å². The van der Waals surface area contributed by atoms with Gasteiger partial charge in [0.15, 0.2) is 17.4 Å². The van der Waals surface area contributed by atoms with E-state index in [0.29, 0.717) is 83.9 Å². The second kappa shape index (κ2) is 12.6. The normalized spacial score (nSPS) is 15.9. The highest BCUT2D eigenvalue weighted by Gasteiger charge is 2.35. The summed E-state index contributed by atoms with van der Waals surface area (Å²) in [5, 5.41) is 0.594. The van der Waals surface area contributed by atoms with Crippen LogP contribution in [-0.4, -0.2) is 75.0 Å². The van der Waals surface area contributed by atoms with Gasteiger partial charge in [0.05, 0.1) is 22.1 Å². The number of halogens is 3. The van der Waals surface area contributed by atoms with Crippen molar-refractivity contribution < 1.29 is 18.3 Å². The van der Waals surface area contributed by atoms with Gasteiger partial charge in [0.2, 0.25) is 5.91 Å². The number of aryl methyl sites for hydroxylation is 2. The van der Waals surface area contributed by atoms with E-state index in [1.165, 1.54) is 23.0 Å². The van der Waals surface area contributed by atoms with Crippen LogP contribution in [0.1, 0.15) is 43.3 Å². The molecule has 47 heavy (non-hydrogen) atoms. The summed E-state index contributed by atoms with van der Waals surface area (Å²) in [6.45, 7) is 10.8. The first-order chi connectivity index (χ1) is 22.5. The minimum absolute atomic E-state index is 0.00743. The second-order valence-electron chi connectivity index (χ2n) is 12.1. The zero-order valence-electron chi connectivity index (χ0n) is 27.0. The number of piperazine rings is 1. The fourth-order valence-electron chi connectivity index (χ4n) is 6.71. The molecule has 0 saturated carbocycles. The molecule has 1 saturated heterocycles. The first-order valence-corrected chi connectivity index (χ1v) is 16.0. The average molecular weight is 664 g/mol. The molecule has 13 heteroatoms. The lowest BCUT2D eigenvalue weighted by Crippen LogP contribution is -2.54. The summed E-state index contributed by atoms with van der Waals surface area (Å²) in [6.07, 6.45) is 3.72. The maximum absolute atomic E-state index is 15.9. The van der Waals surface area contributed by atoms with E-state index in [-0.39, 0.29) is 40.5 Å². The van der Waals surface area contributed by atoms with Gasteiger partial charge >= 0.3 is 5.69 Å². The molecular weight excluding hydrogens is 628 g/mol. The molecule has 1 fully saturated rings. The molecule has 6 rings (SSSR count). The summed E-state index contributed by atoms with van der Waals surface area (Å²) < 4.78 is 39.0. The van der Waals surface area contributed by atoms with Crippen molar-refractivity contribution in [1.29, 1.82) is 0 Å². The van der Waals surface area contributed by atoms with Crippen LogP contribution in [-0.2, 0) is 30.8 Å². The van der Waals surface area contributed by atoms with Crippen LogP contribution in [0.15, 0.2) is 35.9 Å². The van der Waals surface area contributed by atoms with Crippen LogP contribution >= 0.6 is 11.6 Å². The van der Waals surface area contributed by atoms with Gasteiger partial charge in [-0.1, -0.05) is 32.0 Å². The molecular formula is C34H36ClF2N7O3. The Morgan fingerprint density at radius 2 is 1.85 bits per heavy atom. The Balaban J connectivity index is 1.71. The molecule has 4 heterocycles. The van der Waals surface area contributed by atoms with Crippen molar-refractivity contribution in [3.63, 3.8) is 0 Å². The molecule has 0 N–H and O–H groups in total. The molecule has 2 aromatic heterocycles. The Hall–Kier alpha value is -4.42. The lowest BCUT2D eigenvalue weighted by atomic mass is 9.91. The molecule has 0 spiro atoms. The van der Waals surface area contributed by atoms with E-state index >= 15 is 8.78 Å². The highest BCUT2D eigenvalue weighted by atomic mass is 35.5. The summed E-state index contributed by atoms with van der Waals surface area (Å²) in [5.74, 6) is -1.74. The number of amides is 1. The van der Waals surface area contributed by atoms with Gasteiger partial charge in [0.25, 0.3) is 0 Å². The molecule has 246 valence electrons. The van der Waals surface area contributed by atoms with E-state index in [4.69, 9.17) is 16.3 Å². The number of aromatic nitrogens is 4. The van der Waals surface area contributed by atoms with Crippen LogP contribution in [0.5, 0.6) is 5.75 Å². The molecule has 1 amide bonds. The average Bonchev–Trinajstić information content (AvgIpc) is 3.05. The Morgan fingerprint density at radius 3 is 2.47 bits per heavy atom. The van der Waals surface area contributed by atoms with Gasteiger partial charge in [-0.05, 0) is 57.6 Å². The number of carbonyl (C=O) groups excluding carboxylic acids is 1. The van der Waals surface area contributed by atoms with Gasteiger partial charge in [0.1, 0.15) is 24.3 Å². The number of anilines is 1. The molecule has 2 aliphatic heterocycles. The smallest absolute Gasteiger partial charge is 0.354 e. The Morgan fingerprint density at radius 1 is 1.15 bits per heavy atom. The number of hydrogen-bond acceptors (Lipinski definition) is 8. The molecule has 4 aromatic rings. The van der Waals surface area contributed by atoms with Crippen LogP contribution in [0, 0.1) is 11.6 Å². The van der Waals surface area contributed by atoms with E-state index in [1.807, 2.05) is 44.7 Å². The van der Waals surface area contributed by atoms with Crippen molar-refractivity contribution in [2.24, 2.45) is 0 Å². The van der Waals surface area contributed by atoms with Crippen molar-refractivity contribution in [3.8, 4) is 22.6 Å². The fraction of sp³-hybridized carbons (Fsp3) is 0.382. The maximum Gasteiger partial charge on any atom is 0.354 e. The summed E-state index contributed by atoms with van der Waals surface area (Å²) in [5.41, 5.74) is 2.60. The highest BCUT2D eigenvalue weighted by molar-refractivity contribution is 6.35. The molecule has 2 aliphatic rings. The zero-order chi connectivity index (χ0) is 33.7. The number of rotatable bonds is 7. The number of hydrogen-bond donors (Lipinski definition) is 0. The van der Waals surface area contributed by atoms with Gasteiger partial charge in [-0.25, -0.2) is 23.5 Å². The second-order valence-corrected chi connectivity index (χ2v) is 12.5. The Kier molecular flexibility index (Phi) is 8.75. The van der Waals surface area contributed by atoms with Crippen LogP contribution in [0.3, 0.4) is 0 Å².